The largest absolute Gasteiger partial charge is 0.350 e. The minimum atomic E-state index is -0.255. The van der Waals surface area contributed by atoms with Gasteiger partial charge in [-0.1, -0.05) is 6.07 Å². The van der Waals surface area contributed by atoms with Crippen LogP contribution in [0.2, 0.25) is 0 Å². The van der Waals surface area contributed by atoms with Crippen LogP contribution in [0.5, 0.6) is 0 Å². The van der Waals surface area contributed by atoms with Gasteiger partial charge in [-0.05, 0) is 12.1 Å². The number of aromatic nitrogens is 1. The molecule has 78 valence electrons. The highest BCUT2D eigenvalue weighted by molar-refractivity contribution is 5.16. The van der Waals surface area contributed by atoms with Gasteiger partial charge in [-0.3, -0.25) is 4.98 Å². The van der Waals surface area contributed by atoms with Gasteiger partial charge in [-0.2, -0.15) is 5.26 Å². The summed E-state index contributed by atoms with van der Waals surface area (Å²) in [5, 5.41) is 9.04. The molecule has 4 nitrogen and oxygen atoms in total. The van der Waals surface area contributed by atoms with Gasteiger partial charge in [0.25, 0.3) is 0 Å². The van der Waals surface area contributed by atoms with Crippen LogP contribution in [0.25, 0.3) is 0 Å². The molecule has 1 aliphatic rings. The fourth-order valence-corrected chi connectivity index (χ4v) is 1.56. The Morgan fingerprint density at radius 2 is 2.27 bits per heavy atom. The number of nitrogens with zero attached hydrogens (tertiary/aromatic N) is 2. The average molecular weight is 204 g/mol. The molecular formula is C11H12N2O2. The number of ether oxygens (including phenoxy) is 2. The molecule has 0 aromatic carbocycles. The van der Waals surface area contributed by atoms with Crippen molar-refractivity contribution < 1.29 is 9.47 Å². The molecule has 1 aromatic heterocycles. The summed E-state index contributed by atoms with van der Waals surface area (Å²) in [5.41, 5.74) is 0.777. The number of rotatable bonds is 3. The van der Waals surface area contributed by atoms with Crippen LogP contribution in [0.1, 0.15) is 18.0 Å². The van der Waals surface area contributed by atoms with Crippen molar-refractivity contribution >= 4 is 0 Å². The number of hydrogen-bond acceptors (Lipinski definition) is 4. The van der Waals surface area contributed by atoms with E-state index in [1.807, 2.05) is 18.2 Å². The maximum absolute atomic E-state index is 9.04. The third kappa shape index (κ3) is 2.52. The molecular weight excluding hydrogens is 192 g/mol. The first-order valence-corrected chi connectivity index (χ1v) is 4.94. The molecule has 1 atom stereocenters. The first-order valence-electron chi connectivity index (χ1n) is 4.94. The maximum Gasteiger partial charge on any atom is 0.159 e. The Bertz CT molecular complexity index is 341. The van der Waals surface area contributed by atoms with Crippen LogP contribution in [-0.4, -0.2) is 24.5 Å². The fraction of sp³-hybridized carbons (Fsp3) is 0.455. The molecule has 4 heteroatoms. The highest BCUT2D eigenvalue weighted by Gasteiger charge is 2.22. The number of hydrogen-bond donors (Lipinski definition) is 0. The van der Waals surface area contributed by atoms with Crippen LogP contribution >= 0.6 is 0 Å². The van der Waals surface area contributed by atoms with E-state index in [-0.39, 0.29) is 12.2 Å². The van der Waals surface area contributed by atoms with E-state index < -0.39 is 0 Å². The van der Waals surface area contributed by atoms with Crippen molar-refractivity contribution in [1.82, 2.24) is 4.98 Å². The molecule has 0 spiro atoms. The van der Waals surface area contributed by atoms with Gasteiger partial charge in [0, 0.05) is 12.6 Å². The lowest BCUT2D eigenvalue weighted by atomic mass is 10.0. The number of pyridine rings is 1. The highest BCUT2D eigenvalue weighted by Crippen LogP contribution is 2.22. The SMILES string of the molecule is N#CC(CC1OCCO1)c1ccccn1. The van der Waals surface area contributed by atoms with E-state index >= 15 is 0 Å². The van der Waals surface area contributed by atoms with E-state index in [1.54, 1.807) is 6.20 Å². The topological polar surface area (TPSA) is 55.1 Å². The van der Waals surface area contributed by atoms with E-state index in [2.05, 4.69) is 11.1 Å². The van der Waals surface area contributed by atoms with Gasteiger partial charge >= 0.3 is 0 Å². The molecule has 0 saturated carbocycles. The third-order valence-electron chi connectivity index (χ3n) is 2.32. The van der Waals surface area contributed by atoms with Crippen LogP contribution in [-0.2, 0) is 9.47 Å². The average Bonchev–Trinajstić information content (AvgIpc) is 2.80. The Balaban J connectivity index is 2.02. The summed E-state index contributed by atoms with van der Waals surface area (Å²) in [4.78, 5) is 4.16. The second-order valence-corrected chi connectivity index (χ2v) is 3.34. The van der Waals surface area contributed by atoms with Crippen LogP contribution < -0.4 is 0 Å². The minimum Gasteiger partial charge on any atom is -0.350 e. The first-order chi connectivity index (χ1) is 7.40. The maximum atomic E-state index is 9.04. The molecule has 0 aliphatic carbocycles. The van der Waals surface area contributed by atoms with Gasteiger partial charge in [0.05, 0.1) is 30.9 Å². The van der Waals surface area contributed by atoms with Crippen molar-refractivity contribution in [2.24, 2.45) is 0 Å². The molecule has 1 aliphatic heterocycles. The number of nitriles is 1. The Morgan fingerprint density at radius 1 is 1.47 bits per heavy atom. The molecule has 1 aromatic rings. The second kappa shape index (κ2) is 4.87. The lowest BCUT2D eigenvalue weighted by Crippen LogP contribution is -2.13. The van der Waals surface area contributed by atoms with Gasteiger partial charge < -0.3 is 9.47 Å². The predicted molar refractivity (Wildman–Crippen MR) is 52.9 cm³/mol. The van der Waals surface area contributed by atoms with E-state index in [4.69, 9.17) is 14.7 Å². The normalized spacial score (nSPS) is 18.6. The summed E-state index contributed by atoms with van der Waals surface area (Å²) in [6, 6.07) is 7.78. The zero-order chi connectivity index (χ0) is 10.5. The summed E-state index contributed by atoms with van der Waals surface area (Å²) in [6.45, 7) is 1.23. The molecule has 1 saturated heterocycles. The quantitative estimate of drug-likeness (QED) is 0.747. The van der Waals surface area contributed by atoms with Gasteiger partial charge in [0.15, 0.2) is 6.29 Å². The van der Waals surface area contributed by atoms with E-state index in [9.17, 15) is 0 Å². The molecule has 1 unspecified atom stereocenters. The Labute approximate surface area is 88.5 Å². The van der Waals surface area contributed by atoms with E-state index in [0.29, 0.717) is 19.6 Å². The molecule has 15 heavy (non-hydrogen) atoms. The van der Waals surface area contributed by atoms with Crippen LogP contribution in [0.4, 0.5) is 0 Å². The molecule has 0 bridgehead atoms. The van der Waals surface area contributed by atoms with Crippen molar-refractivity contribution in [3.05, 3.63) is 30.1 Å². The van der Waals surface area contributed by atoms with Crippen molar-refractivity contribution in [3.63, 3.8) is 0 Å². The Kier molecular flexibility index (Phi) is 3.28. The lowest BCUT2D eigenvalue weighted by Gasteiger charge is -2.12. The van der Waals surface area contributed by atoms with E-state index in [1.165, 1.54) is 0 Å². The molecule has 0 amide bonds. The summed E-state index contributed by atoms with van der Waals surface area (Å²) < 4.78 is 10.6. The Morgan fingerprint density at radius 3 is 2.87 bits per heavy atom. The zero-order valence-electron chi connectivity index (χ0n) is 8.30. The van der Waals surface area contributed by atoms with Crippen LogP contribution in [0.15, 0.2) is 24.4 Å². The molecule has 1 fully saturated rings. The smallest absolute Gasteiger partial charge is 0.159 e. The van der Waals surface area contributed by atoms with E-state index in [0.717, 1.165) is 5.69 Å². The predicted octanol–water partition coefficient (Wildman–Crippen LogP) is 1.45. The first kappa shape index (κ1) is 10.1. The summed E-state index contributed by atoms with van der Waals surface area (Å²) in [6.07, 6.45) is 1.99. The van der Waals surface area contributed by atoms with Crippen LogP contribution in [0, 0.1) is 11.3 Å². The molecule has 0 N–H and O–H groups in total. The summed E-state index contributed by atoms with van der Waals surface area (Å²) >= 11 is 0. The van der Waals surface area contributed by atoms with Gasteiger partial charge in [0.2, 0.25) is 0 Å². The van der Waals surface area contributed by atoms with Crippen LogP contribution in [0.3, 0.4) is 0 Å². The monoisotopic (exact) mass is 204 g/mol. The Hall–Kier alpha value is -1.44. The molecule has 2 heterocycles. The minimum absolute atomic E-state index is 0.253. The molecule has 2 rings (SSSR count). The zero-order valence-corrected chi connectivity index (χ0v) is 8.30. The summed E-state index contributed by atoms with van der Waals surface area (Å²) in [5.74, 6) is -0.255. The van der Waals surface area contributed by atoms with Crippen molar-refractivity contribution in [3.8, 4) is 6.07 Å². The van der Waals surface area contributed by atoms with Gasteiger partial charge in [-0.15, -0.1) is 0 Å². The second-order valence-electron chi connectivity index (χ2n) is 3.34. The van der Waals surface area contributed by atoms with Gasteiger partial charge in [0.1, 0.15) is 0 Å². The molecule has 0 radical (unpaired) electrons. The lowest BCUT2D eigenvalue weighted by molar-refractivity contribution is -0.0484. The van der Waals surface area contributed by atoms with Gasteiger partial charge in [-0.25, -0.2) is 0 Å². The van der Waals surface area contributed by atoms with Crippen molar-refractivity contribution in [2.45, 2.75) is 18.6 Å². The standard InChI is InChI=1S/C11H12N2O2/c12-8-9(7-11-14-5-6-15-11)10-3-1-2-4-13-10/h1-4,9,11H,5-7H2. The third-order valence-corrected chi connectivity index (χ3v) is 2.32. The summed E-state index contributed by atoms with van der Waals surface area (Å²) in [7, 11) is 0. The fourth-order valence-electron chi connectivity index (χ4n) is 1.56. The van der Waals surface area contributed by atoms with Crippen molar-refractivity contribution in [2.75, 3.05) is 13.2 Å². The van der Waals surface area contributed by atoms with Crippen molar-refractivity contribution in [1.29, 1.82) is 5.26 Å². The highest BCUT2D eigenvalue weighted by atomic mass is 16.7.